The summed E-state index contributed by atoms with van der Waals surface area (Å²) in [6.07, 6.45) is 2.74. The Bertz CT molecular complexity index is 867. The van der Waals surface area contributed by atoms with E-state index in [1.165, 1.54) is 0 Å². The Hall–Kier alpha value is -2.67. The van der Waals surface area contributed by atoms with Crippen LogP contribution < -0.4 is 0 Å². The highest BCUT2D eigenvalue weighted by Gasteiger charge is 2.22. The fourth-order valence-electron chi connectivity index (χ4n) is 3.84. The minimum Gasteiger partial charge on any atom is -0.481 e. The maximum Gasteiger partial charge on any atom is 0.303 e. The van der Waals surface area contributed by atoms with Crippen LogP contribution in [0.25, 0.3) is 5.69 Å². The van der Waals surface area contributed by atoms with Gasteiger partial charge in [-0.3, -0.25) is 9.59 Å². The summed E-state index contributed by atoms with van der Waals surface area (Å²) in [4.78, 5) is 25.6. The van der Waals surface area contributed by atoms with Crippen LogP contribution in [0.2, 0.25) is 0 Å². The van der Waals surface area contributed by atoms with Crippen LogP contribution in [-0.4, -0.2) is 57.5 Å². The Labute approximate surface area is 171 Å². The van der Waals surface area contributed by atoms with Crippen LogP contribution >= 0.6 is 0 Å². The van der Waals surface area contributed by atoms with E-state index >= 15 is 0 Å². The van der Waals surface area contributed by atoms with Crippen molar-refractivity contribution in [2.24, 2.45) is 0 Å². The van der Waals surface area contributed by atoms with Gasteiger partial charge in [0.25, 0.3) is 5.91 Å². The lowest BCUT2D eigenvalue weighted by Gasteiger charge is -2.24. The smallest absolute Gasteiger partial charge is 0.303 e. The van der Waals surface area contributed by atoms with Crippen LogP contribution in [0.4, 0.5) is 0 Å². The second-order valence-corrected chi connectivity index (χ2v) is 7.48. The lowest BCUT2D eigenvalue weighted by atomic mass is 10.1. The van der Waals surface area contributed by atoms with Crippen LogP contribution in [0.15, 0.2) is 24.3 Å². The number of benzene rings is 1. The predicted molar refractivity (Wildman–Crippen MR) is 110 cm³/mol. The molecule has 0 saturated carbocycles. The fraction of sp³-hybridized carbons (Fsp3) is 0.500. The van der Waals surface area contributed by atoms with Crippen LogP contribution in [-0.2, 0) is 16.0 Å². The first-order valence-electron chi connectivity index (χ1n) is 10.2. The van der Waals surface area contributed by atoms with E-state index in [2.05, 4.69) is 5.10 Å². The summed E-state index contributed by atoms with van der Waals surface area (Å²) in [5.41, 5.74) is 4.21. The van der Waals surface area contributed by atoms with Gasteiger partial charge in [0.2, 0.25) is 0 Å². The minimum absolute atomic E-state index is 0.00469. The number of ether oxygens (including phenoxy) is 1. The number of hydrogen-bond acceptors (Lipinski definition) is 4. The lowest BCUT2D eigenvalue weighted by molar-refractivity contribution is -0.136. The summed E-state index contributed by atoms with van der Waals surface area (Å²) < 4.78 is 7.48. The molecule has 1 aromatic heterocycles. The Balaban J connectivity index is 1.75. The first kappa shape index (κ1) is 21.0. The molecule has 7 nitrogen and oxygen atoms in total. The third-order valence-corrected chi connectivity index (χ3v) is 5.51. The third kappa shape index (κ3) is 4.85. The van der Waals surface area contributed by atoms with Gasteiger partial charge in [0.15, 0.2) is 0 Å². The highest BCUT2D eigenvalue weighted by molar-refractivity contribution is 5.94. The van der Waals surface area contributed by atoms with Crippen molar-refractivity contribution in [1.29, 1.82) is 0 Å². The molecular weight excluding hydrogens is 370 g/mol. The molecule has 2 heterocycles. The zero-order valence-corrected chi connectivity index (χ0v) is 17.4. The molecule has 1 atom stereocenters. The number of carboxylic acid groups (broad SMARTS) is 1. The lowest BCUT2D eigenvalue weighted by Crippen LogP contribution is -2.37. The van der Waals surface area contributed by atoms with Crippen molar-refractivity contribution in [2.45, 2.75) is 52.6 Å². The van der Waals surface area contributed by atoms with Gasteiger partial charge in [-0.05, 0) is 69.9 Å². The van der Waals surface area contributed by atoms with Crippen LogP contribution in [0.3, 0.4) is 0 Å². The molecule has 0 bridgehead atoms. The summed E-state index contributed by atoms with van der Waals surface area (Å²) in [5, 5.41) is 13.5. The van der Waals surface area contributed by atoms with E-state index < -0.39 is 5.97 Å². The first-order chi connectivity index (χ1) is 13.9. The number of carbonyl (C=O) groups is 2. The van der Waals surface area contributed by atoms with Crippen LogP contribution in [0, 0.1) is 13.8 Å². The Morgan fingerprint density at radius 1 is 1.28 bits per heavy atom. The molecule has 1 fully saturated rings. The van der Waals surface area contributed by atoms with Gasteiger partial charge >= 0.3 is 5.97 Å². The summed E-state index contributed by atoms with van der Waals surface area (Å²) in [6.45, 7) is 7.86. The summed E-state index contributed by atoms with van der Waals surface area (Å²) in [5.74, 6) is -0.812. The number of rotatable bonds is 8. The van der Waals surface area contributed by atoms with Crippen molar-refractivity contribution >= 4 is 11.9 Å². The molecule has 3 rings (SSSR count). The highest BCUT2D eigenvalue weighted by Crippen LogP contribution is 2.21. The van der Waals surface area contributed by atoms with Gasteiger partial charge in [-0.1, -0.05) is 0 Å². The largest absolute Gasteiger partial charge is 0.481 e. The number of likely N-dealkylation sites (N-methyl/N-ethyl adjacent to an activating group) is 1. The van der Waals surface area contributed by atoms with Gasteiger partial charge in [-0.2, -0.15) is 5.10 Å². The second kappa shape index (κ2) is 9.22. The van der Waals surface area contributed by atoms with E-state index in [4.69, 9.17) is 9.84 Å². The molecule has 156 valence electrons. The van der Waals surface area contributed by atoms with Gasteiger partial charge in [-0.15, -0.1) is 0 Å². The standard InChI is InChI=1S/C22H29N3O4/c1-4-24(14-19-6-5-13-29-19)22(28)17-7-9-18(10-8-17)25-16(3)20(15(2)23-25)11-12-21(26)27/h7-10,19H,4-6,11-14H2,1-3H3,(H,26,27)/t19-/m1/s1. The number of carbonyl (C=O) groups excluding carboxylic acids is 1. The summed E-state index contributed by atoms with van der Waals surface area (Å²) in [6, 6.07) is 7.41. The van der Waals surface area contributed by atoms with Crippen molar-refractivity contribution in [2.75, 3.05) is 19.7 Å². The Kier molecular flexibility index (Phi) is 6.69. The van der Waals surface area contributed by atoms with Crippen molar-refractivity contribution in [3.8, 4) is 5.69 Å². The molecule has 2 aromatic rings. The van der Waals surface area contributed by atoms with E-state index in [1.807, 2.05) is 54.6 Å². The summed E-state index contributed by atoms with van der Waals surface area (Å²) in [7, 11) is 0. The number of nitrogens with zero attached hydrogens (tertiary/aromatic N) is 3. The van der Waals surface area contributed by atoms with E-state index in [0.29, 0.717) is 25.1 Å². The van der Waals surface area contributed by atoms with Crippen molar-refractivity contribution in [1.82, 2.24) is 14.7 Å². The van der Waals surface area contributed by atoms with Crippen molar-refractivity contribution < 1.29 is 19.4 Å². The average molecular weight is 399 g/mol. The molecule has 1 aromatic carbocycles. The van der Waals surface area contributed by atoms with Crippen molar-refractivity contribution in [3.05, 3.63) is 46.8 Å². The van der Waals surface area contributed by atoms with Gasteiger partial charge in [0.1, 0.15) is 0 Å². The number of carboxylic acids is 1. The fourth-order valence-corrected chi connectivity index (χ4v) is 3.84. The topological polar surface area (TPSA) is 84.7 Å². The first-order valence-corrected chi connectivity index (χ1v) is 10.2. The van der Waals surface area contributed by atoms with E-state index in [0.717, 1.165) is 42.1 Å². The quantitative estimate of drug-likeness (QED) is 0.737. The van der Waals surface area contributed by atoms with Gasteiger partial charge in [-0.25, -0.2) is 4.68 Å². The van der Waals surface area contributed by atoms with E-state index in [9.17, 15) is 9.59 Å². The third-order valence-electron chi connectivity index (χ3n) is 5.51. The SMILES string of the molecule is CCN(C[C@H]1CCCO1)C(=O)c1ccc(-n2nc(C)c(CCC(=O)O)c2C)cc1. The van der Waals surface area contributed by atoms with E-state index in [1.54, 1.807) is 0 Å². The number of aliphatic carboxylic acids is 1. The zero-order chi connectivity index (χ0) is 21.0. The number of aryl methyl sites for hydroxylation is 1. The number of amides is 1. The zero-order valence-electron chi connectivity index (χ0n) is 17.4. The number of hydrogen-bond donors (Lipinski definition) is 1. The molecule has 0 radical (unpaired) electrons. The minimum atomic E-state index is -0.817. The molecule has 1 N–H and O–H groups in total. The molecule has 1 saturated heterocycles. The molecule has 29 heavy (non-hydrogen) atoms. The van der Waals surface area contributed by atoms with Crippen molar-refractivity contribution in [3.63, 3.8) is 0 Å². The molecule has 7 heteroatoms. The Morgan fingerprint density at radius 2 is 2.00 bits per heavy atom. The average Bonchev–Trinajstić information content (AvgIpc) is 3.32. The molecular formula is C22H29N3O4. The molecule has 1 aliphatic heterocycles. The maximum atomic E-state index is 12.9. The molecule has 0 aliphatic carbocycles. The molecule has 0 unspecified atom stereocenters. The normalized spacial score (nSPS) is 16.2. The maximum absolute atomic E-state index is 12.9. The monoisotopic (exact) mass is 399 g/mol. The molecule has 0 spiro atoms. The predicted octanol–water partition coefficient (Wildman–Crippen LogP) is 3.15. The molecule has 1 aliphatic rings. The highest BCUT2D eigenvalue weighted by atomic mass is 16.5. The summed E-state index contributed by atoms with van der Waals surface area (Å²) >= 11 is 0. The van der Waals surface area contributed by atoms with Gasteiger partial charge in [0.05, 0.1) is 17.5 Å². The number of aromatic nitrogens is 2. The Morgan fingerprint density at radius 3 is 2.59 bits per heavy atom. The van der Waals surface area contributed by atoms with Crippen LogP contribution in [0.5, 0.6) is 0 Å². The van der Waals surface area contributed by atoms with E-state index in [-0.39, 0.29) is 18.4 Å². The van der Waals surface area contributed by atoms with Gasteiger partial charge in [0, 0.05) is 37.4 Å². The van der Waals surface area contributed by atoms with Crippen LogP contribution in [0.1, 0.15) is 53.5 Å². The molecule has 1 amide bonds. The second-order valence-electron chi connectivity index (χ2n) is 7.48. The van der Waals surface area contributed by atoms with Gasteiger partial charge < -0.3 is 14.7 Å².